The summed E-state index contributed by atoms with van der Waals surface area (Å²) in [5.41, 5.74) is 0.782. The summed E-state index contributed by atoms with van der Waals surface area (Å²) in [5.74, 6) is 9.31. The first kappa shape index (κ1) is 19.2. The highest BCUT2D eigenvalue weighted by Crippen LogP contribution is 2.32. The molecule has 0 bridgehead atoms. The molecule has 0 aliphatic heterocycles. The number of ether oxygens (including phenoxy) is 3. The number of aromatic nitrogens is 3. The fraction of sp³-hybridized carbons (Fsp3) is 0.222. The predicted molar refractivity (Wildman–Crippen MR) is 106 cm³/mol. The third kappa shape index (κ3) is 4.58. The molecule has 3 aromatic rings. The molecule has 0 fully saturated rings. The van der Waals surface area contributed by atoms with Gasteiger partial charge >= 0.3 is 0 Å². The molecule has 2 aromatic carbocycles. The average molecular weight is 407 g/mol. The van der Waals surface area contributed by atoms with Gasteiger partial charge < -0.3 is 20.1 Å². The van der Waals surface area contributed by atoms with E-state index in [1.807, 2.05) is 24.3 Å². The Morgan fingerprint density at radius 1 is 1.07 bits per heavy atom. The Morgan fingerprint density at radius 3 is 2.63 bits per heavy atom. The van der Waals surface area contributed by atoms with Gasteiger partial charge in [0, 0.05) is 16.3 Å². The van der Waals surface area contributed by atoms with E-state index < -0.39 is 0 Å². The number of methoxy groups -OCH3 is 2. The summed E-state index contributed by atoms with van der Waals surface area (Å²) in [6.07, 6.45) is 0. The number of hydrogen-bond acceptors (Lipinski definition) is 7. The molecule has 3 rings (SSSR count). The average Bonchev–Trinajstić information content (AvgIpc) is 3.05. The van der Waals surface area contributed by atoms with Crippen LogP contribution in [0.4, 0.5) is 0 Å². The summed E-state index contributed by atoms with van der Waals surface area (Å²) in [4.78, 5) is 0. The predicted octanol–water partition coefficient (Wildman–Crippen LogP) is 3.50. The number of halogens is 1. The minimum Gasteiger partial charge on any atom is -0.493 e. The topological polar surface area (TPSA) is 84.4 Å². The lowest BCUT2D eigenvalue weighted by molar-refractivity contribution is 0.344. The summed E-state index contributed by atoms with van der Waals surface area (Å²) in [6.45, 7) is 0.490. The second-order valence-electron chi connectivity index (χ2n) is 5.40. The minimum absolute atomic E-state index is 0.490. The SMILES string of the molecule is COc1ccc(-c2nnc(SCCOc3cccc(Cl)c3)n2N)cc1OC. The molecular formula is C18H19ClN4O3S. The molecule has 2 N–H and O–H groups in total. The number of benzene rings is 2. The van der Waals surface area contributed by atoms with Crippen molar-refractivity contribution in [3.05, 3.63) is 47.5 Å². The van der Waals surface area contributed by atoms with Gasteiger partial charge in [-0.25, -0.2) is 4.68 Å². The van der Waals surface area contributed by atoms with Gasteiger partial charge in [0.25, 0.3) is 0 Å². The third-order valence-corrected chi connectivity index (χ3v) is 4.83. The van der Waals surface area contributed by atoms with Crippen molar-refractivity contribution in [2.75, 3.05) is 32.4 Å². The standard InChI is InChI=1S/C18H19ClN4O3S/c1-24-15-7-6-12(10-16(15)25-2)17-21-22-18(23(17)20)27-9-8-26-14-5-3-4-13(19)11-14/h3-7,10-11H,8-9,20H2,1-2H3. The molecule has 142 valence electrons. The van der Waals surface area contributed by atoms with E-state index >= 15 is 0 Å². The maximum atomic E-state index is 6.15. The molecule has 0 aliphatic rings. The zero-order valence-electron chi connectivity index (χ0n) is 14.9. The monoisotopic (exact) mass is 406 g/mol. The molecule has 0 spiro atoms. The Balaban J connectivity index is 1.63. The van der Waals surface area contributed by atoms with Crippen LogP contribution in [-0.2, 0) is 0 Å². The summed E-state index contributed by atoms with van der Waals surface area (Å²) < 4.78 is 17.7. The normalized spacial score (nSPS) is 10.6. The second-order valence-corrected chi connectivity index (χ2v) is 6.90. The molecule has 27 heavy (non-hydrogen) atoms. The van der Waals surface area contributed by atoms with Crippen molar-refractivity contribution in [1.82, 2.24) is 14.9 Å². The van der Waals surface area contributed by atoms with Crippen LogP contribution in [0.1, 0.15) is 0 Å². The quantitative estimate of drug-likeness (QED) is 0.348. The van der Waals surface area contributed by atoms with Crippen LogP contribution < -0.4 is 20.1 Å². The highest BCUT2D eigenvalue weighted by atomic mass is 35.5. The second kappa shape index (κ2) is 8.88. The summed E-state index contributed by atoms with van der Waals surface area (Å²) in [7, 11) is 3.17. The van der Waals surface area contributed by atoms with Gasteiger partial charge in [-0.3, -0.25) is 0 Å². The van der Waals surface area contributed by atoms with Crippen LogP contribution in [0.3, 0.4) is 0 Å². The van der Waals surface area contributed by atoms with Crippen molar-refractivity contribution in [1.29, 1.82) is 0 Å². The van der Waals surface area contributed by atoms with Crippen molar-refractivity contribution in [2.45, 2.75) is 5.16 Å². The van der Waals surface area contributed by atoms with E-state index in [1.54, 1.807) is 32.4 Å². The van der Waals surface area contributed by atoms with Crippen LogP contribution in [0.15, 0.2) is 47.6 Å². The van der Waals surface area contributed by atoms with Gasteiger partial charge in [0.1, 0.15) is 5.75 Å². The number of thioether (sulfide) groups is 1. The Morgan fingerprint density at radius 2 is 1.89 bits per heavy atom. The van der Waals surface area contributed by atoms with E-state index in [0.29, 0.717) is 39.9 Å². The Bertz CT molecular complexity index is 919. The van der Waals surface area contributed by atoms with Gasteiger partial charge in [-0.2, -0.15) is 0 Å². The first-order valence-electron chi connectivity index (χ1n) is 8.06. The Kier molecular flexibility index (Phi) is 6.31. The Hall–Kier alpha value is -2.58. The highest BCUT2D eigenvalue weighted by molar-refractivity contribution is 7.99. The van der Waals surface area contributed by atoms with Gasteiger partial charge in [-0.15, -0.1) is 10.2 Å². The Labute approximate surface area is 166 Å². The molecule has 0 saturated carbocycles. The van der Waals surface area contributed by atoms with Crippen LogP contribution in [-0.4, -0.2) is 41.5 Å². The molecule has 0 amide bonds. The van der Waals surface area contributed by atoms with Crippen LogP contribution >= 0.6 is 23.4 Å². The lowest BCUT2D eigenvalue weighted by atomic mass is 10.2. The number of nitrogens with zero attached hydrogens (tertiary/aromatic N) is 3. The van der Waals surface area contributed by atoms with Crippen LogP contribution in [0.2, 0.25) is 5.02 Å². The largest absolute Gasteiger partial charge is 0.493 e. The number of hydrogen-bond donors (Lipinski definition) is 1. The van der Waals surface area contributed by atoms with E-state index in [0.717, 1.165) is 11.3 Å². The van der Waals surface area contributed by atoms with Gasteiger partial charge in [0.05, 0.1) is 20.8 Å². The number of rotatable bonds is 8. The maximum Gasteiger partial charge on any atom is 0.210 e. The van der Waals surface area contributed by atoms with Gasteiger partial charge in [0.2, 0.25) is 5.16 Å². The fourth-order valence-corrected chi connectivity index (χ4v) is 3.25. The van der Waals surface area contributed by atoms with Crippen molar-refractivity contribution in [3.63, 3.8) is 0 Å². The van der Waals surface area contributed by atoms with Gasteiger partial charge in [-0.05, 0) is 36.4 Å². The van der Waals surface area contributed by atoms with E-state index in [1.165, 1.54) is 16.4 Å². The molecule has 0 saturated heterocycles. The molecule has 1 heterocycles. The smallest absolute Gasteiger partial charge is 0.210 e. The molecule has 0 unspecified atom stereocenters. The molecule has 1 aromatic heterocycles. The van der Waals surface area contributed by atoms with E-state index in [-0.39, 0.29) is 0 Å². The van der Waals surface area contributed by atoms with Gasteiger partial charge in [0.15, 0.2) is 17.3 Å². The minimum atomic E-state index is 0.490. The third-order valence-electron chi connectivity index (χ3n) is 3.69. The lowest BCUT2D eigenvalue weighted by Crippen LogP contribution is -2.12. The summed E-state index contributed by atoms with van der Waals surface area (Å²) >= 11 is 7.39. The van der Waals surface area contributed by atoms with Gasteiger partial charge in [-0.1, -0.05) is 29.4 Å². The maximum absolute atomic E-state index is 6.15. The fourth-order valence-electron chi connectivity index (χ4n) is 2.40. The molecular weight excluding hydrogens is 388 g/mol. The number of nitrogens with two attached hydrogens (primary N) is 1. The highest BCUT2D eigenvalue weighted by Gasteiger charge is 2.14. The molecule has 0 aliphatic carbocycles. The first-order valence-corrected chi connectivity index (χ1v) is 9.42. The van der Waals surface area contributed by atoms with Crippen molar-refractivity contribution < 1.29 is 14.2 Å². The van der Waals surface area contributed by atoms with Crippen LogP contribution in [0.5, 0.6) is 17.2 Å². The number of nitrogen functional groups attached to an aromatic ring is 1. The van der Waals surface area contributed by atoms with Crippen molar-refractivity contribution in [3.8, 4) is 28.6 Å². The van der Waals surface area contributed by atoms with Crippen LogP contribution in [0.25, 0.3) is 11.4 Å². The first-order chi connectivity index (χ1) is 13.1. The van der Waals surface area contributed by atoms with Crippen molar-refractivity contribution >= 4 is 23.4 Å². The van der Waals surface area contributed by atoms with Crippen LogP contribution in [0, 0.1) is 0 Å². The summed E-state index contributed by atoms with van der Waals surface area (Å²) in [6, 6.07) is 12.7. The van der Waals surface area contributed by atoms with E-state index in [2.05, 4.69) is 10.2 Å². The lowest BCUT2D eigenvalue weighted by Gasteiger charge is -2.09. The van der Waals surface area contributed by atoms with E-state index in [4.69, 9.17) is 31.7 Å². The zero-order valence-corrected chi connectivity index (χ0v) is 16.5. The van der Waals surface area contributed by atoms with E-state index in [9.17, 15) is 0 Å². The molecule has 7 nitrogen and oxygen atoms in total. The molecule has 0 atom stereocenters. The molecule has 0 radical (unpaired) electrons. The summed E-state index contributed by atoms with van der Waals surface area (Å²) in [5, 5.41) is 9.56. The molecule has 9 heteroatoms. The zero-order chi connectivity index (χ0) is 19.2. The van der Waals surface area contributed by atoms with Crippen molar-refractivity contribution in [2.24, 2.45) is 0 Å².